The van der Waals surface area contributed by atoms with E-state index in [1.807, 2.05) is 32.2 Å². The van der Waals surface area contributed by atoms with Gasteiger partial charge in [0.05, 0.1) is 18.2 Å². The van der Waals surface area contributed by atoms with Gasteiger partial charge in [0.2, 0.25) is 0 Å². The average Bonchev–Trinajstić information content (AvgIpc) is 2.46. The summed E-state index contributed by atoms with van der Waals surface area (Å²) in [5.41, 5.74) is 0.902. The van der Waals surface area contributed by atoms with Crippen molar-refractivity contribution in [2.24, 2.45) is 0 Å². The van der Waals surface area contributed by atoms with Crippen LogP contribution in [-0.4, -0.2) is 31.8 Å². The predicted octanol–water partition coefficient (Wildman–Crippen LogP) is 3.45. The first-order valence-corrected chi connectivity index (χ1v) is 7.03. The molecule has 0 saturated carbocycles. The Labute approximate surface area is 119 Å². The van der Waals surface area contributed by atoms with E-state index in [1.54, 1.807) is 0 Å². The van der Waals surface area contributed by atoms with Crippen molar-refractivity contribution in [3.63, 3.8) is 0 Å². The van der Waals surface area contributed by atoms with Crippen LogP contribution >= 0.6 is 11.6 Å². The number of halogens is 1. The first kappa shape index (κ1) is 14.1. The summed E-state index contributed by atoms with van der Waals surface area (Å²) in [6.45, 7) is 4.26. The highest BCUT2D eigenvalue weighted by molar-refractivity contribution is 6.17. The first-order chi connectivity index (χ1) is 9.26. The van der Waals surface area contributed by atoms with E-state index in [4.69, 9.17) is 16.3 Å². The van der Waals surface area contributed by atoms with Crippen molar-refractivity contribution in [2.45, 2.75) is 12.8 Å². The summed E-state index contributed by atoms with van der Waals surface area (Å²) < 4.78 is 5.40. The lowest BCUT2D eigenvalue weighted by Crippen LogP contribution is -2.24. The summed E-state index contributed by atoms with van der Waals surface area (Å²) in [4.78, 5) is 6.76. The Hall–Kier alpha value is -1.32. The van der Waals surface area contributed by atoms with E-state index in [9.17, 15) is 0 Å². The number of ether oxygens (including phenoxy) is 1. The molecule has 1 heterocycles. The molecule has 0 aliphatic carbocycles. The third kappa shape index (κ3) is 3.37. The fourth-order valence-corrected chi connectivity index (χ4v) is 2.18. The molecule has 0 amide bonds. The second kappa shape index (κ2) is 6.73. The lowest BCUT2D eigenvalue weighted by atomic mass is 10.1. The molecule has 4 heteroatoms. The van der Waals surface area contributed by atoms with Crippen molar-refractivity contribution in [1.82, 2.24) is 4.98 Å². The minimum atomic E-state index is 0.428. The van der Waals surface area contributed by atoms with Crippen LogP contribution in [0.5, 0.6) is 0 Å². The van der Waals surface area contributed by atoms with Gasteiger partial charge in [-0.05, 0) is 18.4 Å². The molecule has 0 atom stereocenters. The average molecular weight is 279 g/mol. The van der Waals surface area contributed by atoms with Gasteiger partial charge in [-0.15, -0.1) is 11.6 Å². The molecule has 19 heavy (non-hydrogen) atoms. The van der Waals surface area contributed by atoms with Gasteiger partial charge in [0.1, 0.15) is 5.82 Å². The van der Waals surface area contributed by atoms with Gasteiger partial charge in [0, 0.05) is 25.6 Å². The van der Waals surface area contributed by atoms with Crippen LogP contribution in [-0.2, 0) is 10.6 Å². The Morgan fingerprint density at radius 1 is 1.32 bits per heavy atom. The number of anilines is 1. The maximum absolute atomic E-state index is 5.93. The third-order valence-corrected chi connectivity index (χ3v) is 3.32. The van der Waals surface area contributed by atoms with E-state index in [0.717, 1.165) is 30.0 Å². The van der Waals surface area contributed by atoms with Gasteiger partial charge in [-0.3, -0.25) is 0 Å². The Morgan fingerprint density at radius 2 is 2.11 bits per heavy atom. The van der Waals surface area contributed by atoms with E-state index in [1.165, 1.54) is 5.39 Å². The predicted molar refractivity (Wildman–Crippen MR) is 81.1 cm³/mol. The molecule has 2 rings (SSSR count). The minimum Gasteiger partial charge on any atom is -0.380 e. The fourth-order valence-electron chi connectivity index (χ4n) is 2.05. The monoisotopic (exact) mass is 278 g/mol. The lowest BCUT2D eigenvalue weighted by Gasteiger charge is -2.20. The number of benzene rings is 1. The summed E-state index contributed by atoms with van der Waals surface area (Å²) >= 11 is 5.93. The zero-order valence-electron chi connectivity index (χ0n) is 11.4. The van der Waals surface area contributed by atoms with Crippen LogP contribution in [0.1, 0.15) is 12.6 Å². The van der Waals surface area contributed by atoms with Gasteiger partial charge in [-0.2, -0.15) is 0 Å². The summed E-state index contributed by atoms with van der Waals surface area (Å²) in [5, 5.41) is 2.32. The Bertz CT molecular complexity index is 545. The largest absolute Gasteiger partial charge is 0.380 e. The Morgan fingerprint density at radius 3 is 2.84 bits per heavy atom. The van der Waals surface area contributed by atoms with Crippen molar-refractivity contribution < 1.29 is 4.74 Å². The molecule has 0 fully saturated rings. The normalized spacial score (nSPS) is 10.9. The number of alkyl halides is 1. The maximum atomic E-state index is 5.93. The maximum Gasteiger partial charge on any atom is 0.136 e. The molecule has 1 aromatic heterocycles. The van der Waals surface area contributed by atoms with Gasteiger partial charge in [0.25, 0.3) is 0 Å². The van der Waals surface area contributed by atoms with E-state index < -0.39 is 0 Å². The zero-order chi connectivity index (χ0) is 13.7. The summed E-state index contributed by atoms with van der Waals surface area (Å²) in [6, 6.07) is 10.3. The number of likely N-dealkylation sites (N-methyl/N-ethyl adjacent to an activating group) is 1. The number of aromatic nitrogens is 1. The topological polar surface area (TPSA) is 25.4 Å². The van der Waals surface area contributed by atoms with Gasteiger partial charge in [0.15, 0.2) is 0 Å². The molecule has 3 nitrogen and oxygen atoms in total. The number of nitrogens with zero attached hydrogens (tertiary/aromatic N) is 2. The molecule has 1 aromatic carbocycles. The highest BCUT2D eigenvalue weighted by atomic mass is 35.5. The van der Waals surface area contributed by atoms with Crippen LogP contribution in [0.3, 0.4) is 0 Å². The Balaban J connectivity index is 2.34. The molecule has 0 saturated heterocycles. The molecule has 0 aliphatic rings. The number of fused-ring (bicyclic) bond motifs is 1. The molecular formula is C15H19ClN2O. The van der Waals surface area contributed by atoms with Crippen molar-refractivity contribution in [2.75, 3.05) is 31.7 Å². The summed E-state index contributed by atoms with van der Waals surface area (Å²) in [7, 11) is 2.03. The van der Waals surface area contributed by atoms with Crippen LogP contribution in [0.25, 0.3) is 10.8 Å². The molecule has 0 bridgehead atoms. The number of hydrogen-bond donors (Lipinski definition) is 0. The van der Waals surface area contributed by atoms with E-state index >= 15 is 0 Å². The number of pyridine rings is 1. The molecule has 0 radical (unpaired) electrons. The minimum absolute atomic E-state index is 0.428. The third-order valence-electron chi connectivity index (χ3n) is 3.05. The number of rotatable bonds is 6. The molecule has 0 spiro atoms. The quantitative estimate of drug-likeness (QED) is 0.598. The molecule has 0 aliphatic heterocycles. The molecule has 102 valence electrons. The highest BCUT2D eigenvalue weighted by Gasteiger charge is 2.09. The lowest BCUT2D eigenvalue weighted by molar-refractivity contribution is 0.154. The van der Waals surface area contributed by atoms with Crippen molar-refractivity contribution in [1.29, 1.82) is 0 Å². The van der Waals surface area contributed by atoms with Crippen LogP contribution in [0.4, 0.5) is 5.82 Å². The van der Waals surface area contributed by atoms with Crippen LogP contribution in [0.2, 0.25) is 0 Å². The van der Waals surface area contributed by atoms with Gasteiger partial charge >= 0.3 is 0 Å². The van der Waals surface area contributed by atoms with E-state index in [-0.39, 0.29) is 0 Å². The highest BCUT2D eigenvalue weighted by Crippen LogP contribution is 2.25. The van der Waals surface area contributed by atoms with Crippen LogP contribution in [0, 0.1) is 0 Å². The van der Waals surface area contributed by atoms with Crippen molar-refractivity contribution in [3.8, 4) is 0 Å². The molecule has 0 unspecified atom stereocenters. The van der Waals surface area contributed by atoms with Crippen molar-refractivity contribution >= 4 is 28.2 Å². The SMILES string of the molecule is CCOCCN(C)c1nc(CCl)cc2ccccc12. The second-order valence-corrected chi connectivity index (χ2v) is 4.68. The van der Waals surface area contributed by atoms with Gasteiger partial charge < -0.3 is 9.64 Å². The Kier molecular flexibility index (Phi) is 5.00. The second-order valence-electron chi connectivity index (χ2n) is 4.41. The summed E-state index contributed by atoms with van der Waals surface area (Å²) in [6.07, 6.45) is 0. The standard InChI is InChI=1S/C15H19ClN2O/c1-3-19-9-8-18(2)15-14-7-5-4-6-12(14)10-13(11-16)17-15/h4-7,10H,3,8-9,11H2,1-2H3. The first-order valence-electron chi connectivity index (χ1n) is 6.49. The summed E-state index contributed by atoms with van der Waals surface area (Å²) in [5.74, 6) is 1.39. The van der Waals surface area contributed by atoms with Gasteiger partial charge in [-0.1, -0.05) is 24.3 Å². The molecular weight excluding hydrogens is 260 g/mol. The zero-order valence-corrected chi connectivity index (χ0v) is 12.2. The van der Waals surface area contributed by atoms with Gasteiger partial charge in [-0.25, -0.2) is 4.98 Å². The van der Waals surface area contributed by atoms with E-state index in [0.29, 0.717) is 12.5 Å². The molecule has 0 N–H and O–H groups in total. The number of hydrogen-bond acceptors (Lipinski definition) is 3. The smallest absolute Gasteiger partial charge is 0.136 e. The van der Waals surface area contributed by atoms with Crippen LogP contribution < -0.4 is 4.90 Å². The molecule has 2 aromatic rings. The fraction of sp³-hybridized carbons (Fsp3) is 0.400. The van der Waals surface area contributed by atoms with Crippen molar-refractivity contribution in [3.05, 3.63) is 36.0 Å². The van der Waals surface area contributed by atoms with Crippen LogP contribution in [0.15, 0.2) is 30.3 Å². The van der Waals surface area contributed by atoms with E-state index in [2.05, 4.69) is 22.0 Å².